The lowest BCUT2D eigenvalue weighted by Gasteiger charge is -2.56. The van der Waals surface area contributed by atoms with Gasteiger partial charge in [-0.2, -0.15) is 0 Å². The predicted octanol–water partition coefficient (Wildman–Crippen LogP) is 4.05. The summed E-state index contributed by atoms with van der Waals surface area (Å²) in [4.78, 5) is 25.9. The van der Waals surface area contributed by atoms with E-state index in [-0.39, 0.29) is 23.1 Å². The summed E-state index contributed by atoms with van der Waals surface area (Å²) >= 11 is 11.6. The lowest BCUT2D eigenvalue weighted by molar-refractivity contribution is -0.134. The van der Waals surface area contributed by atoms with Gasteiger partial charge < -0.3 is 15.2 Å². The van der Waals surface area contributed by atoms with Crippen LogP contribution in [0.25, 0.3) is 5.69 Å². The zero-order valence-electron chi connectivity index (χ0n) is 18.7. The van der Waals surface area contributed by atoms with Crippen molar-refractivity contribution in [1.29, 1.82) is 0 Å². The number of imidazole rings is 1. The van der Waals surface area contributed by atoms with Crippen LogP contribution in [0.4, 0.5) is 4.39 Å². The third-order valence-corrected chi connectivity index (χ3v) is 7.88. The van der Waals surface area contributed by atoms with Gasteiger partial charge in [0.2, 0.25) is 0 Å². The first-order chi connectivity index (χ1) is 16.7. The van der Waals surface area contributed by atoms with Crippen LogP contribution < -0.4 is 15.7 Å². The van der Waals surface area contributed by atoms with Crippen LogP contribution in [0, 0.1) is 5.82 Å². The number of nitrogens with zero attached hydrogens (tertiary/aromatic N) is 2. The zero-order valence-corrected chi connectivity index (χ0v) is 20.2. The fraction of sp³-hybridized carbons (Fsp3) is 0.360. The number of aliphatic hydroxyl groups excluding tert-OH is 1. The average Bonchev–Trinajstić information content (AvgIpc) is 3.23. The van der Waals surface area contributed by atoms with E-state index in [9.17, 15) is 19.1 Å². The standard InChI is InChI=1S/C25H24Cl2FN3O4/c26-16-1-3-17(4-2-16)30-11-12-31(23(30)34)24-7-9-25(10-8-24,21(32)14-24)29-22(33)15-35-18-5-6-19(27)20(28)13-18/h1-6,11-13,21,32H,7-10,14-15H2,(H,29,33)/t21-,24?,25?/m0/s1. The maximum absolute atomic E-state index is 13.6. The van der Waals surface area contributed by atoms with E-state index >= 15 is 0 Å². The Bertz CT molecular complexity index is 1310. The minimum Gasteiger partial charge on any atom is -0.484 e. The van der Waals surface area contributed by atoms with E-state index in [4.69, 9.17) is 27.9 Å². The molecule has 0 radical (unpaired) electrons. The number of ether oxygens (including phenoxy) is 1. The van der Waals surface area contributed by atoms with Gasteiger partial charge in [-0.3, -0.25) is 13.9 Å². The van der Waals surface area contributed by atoms with E-state index in [0.29, 0.717) is 42.8 Å². The van der Waals surface area contributed by atoms with Crippen molar-refractivity contribution in [3.63, 3.8) is 0 Å². The number of benzene rings is 2. The Morgan fingerprint density at radius 1 is 1.11 bits per heavy atom. The molecule has 7 nitrogen and oxygen atoms in total. The summed E-state index contributed by atoms with van der Waals surface area (Å²) in [5, 5.41) is 14.6. The number of carbonyl (C=O) groups excluding carboxylic acids is 1. The van der Waals surface area contributed by atoms with Crippen molar-refractivity contribution in [3.8, 4) is 11.4 Å². The number of nitrogens with one attached hydrogen (secondary N) is 1. The van der Waals surface area contributed by atoms with E-state index in [1.54, 1.807) is 45.8 Å². The number of hydrogen-bond acceptors (Lipinski definition) is 4. The summed E-state index contributed by atoms with van der Waals surface area (Å²) in [7, 11) is 0. The number of carbonyl (C=O) groups is 1. The van der Waals surface area contributed by atoms with Crippen LogP contribution in [0.2, 0.25) is 10.0 Å². The monoisotopic (exact) mass is 519 g/mol. The van der Waals surface area contributed by atoms with Gasteiger partial charge >= 0.3 is 5.69 Å². The van der Waals surface area contributed by atoms with Crippen LogP contribution in [-0.4, -0.2) is 38.4 Å². The Morgan fingerprint density at radius 3 is 2.49 bits per heavy atom. The van der Waals surface area contributed by atoms with Crippen LogP contribution in [0.3, 0.4) is 0 Å². The van der Waals surface area contributed by atoms with Crippen molar-refractivity contribution >= 4 is 29.1 Å². The highest BCUT2D eigenvalue weighted by Crippen LogP contribution is 2.50. The highest BCUT2D eigenvalue weighted by Gasteiger charge is 2.56. The van der Waals surface area contributed by atoms with Gasteiger partial charge in [-0.25, -0.2) is 9.18 Å². The number of aromatic nitrogens is 2. The fourth-order valence-corrected chi connectivity index (χ4v) is 5.61. The average molecular weight is 520 g/mol. The molecule has 1 atom stereocenters. The van der Waals surface area contributed by atoms with Crippen LogP contribution in [0.15, 0.2) is 59.7 Å². The smallest absolute Gasteiger partial charge is 0.333 e. The number of hydrogen-bond donors (Lipinski definition) is 2. The molecule has 2 bridgehead atoms. The molecule has 1 aromatic heterocycles. The second-order valence-electron chi connectivity index (χ2n) is 9.31. The predicted molar refractivity (Wildman–Crippen MR) is 130 cm³/mol. The molecule has 6 rings (SSSR count). The molecule has 3 fully saturated rings. The lowest BCUT2D eigenvalue weighted by Crippen LogP contribution is -2.67. The van der Waals surface area contributed by atoms with E-state index in [1.807, 2.05) is 0 Å². The maximum atomic E-state index is 13.6. The number of fused-ring (bicyclic) bond motifs is 3. The van der Waals surface area contributed by atoms with E-state index in [2.05, 4.69) is 5.32 Å². The van der Waals surface area contributed by atoms with Crippen LogP contribution in [0.5, 0.6) is 5.75 Å². The molecular weight excluding hydrogens is 496 g/mol. The van der Waals surface area contributed by atoms with Crippen molar-refractivity contribution in [3.05, 3.63) is 81.2 Å². The van der Waals surface area contributed by atoms with E-state index in [1.165, 1.54) is 12.1 Å². The number of rotatable bonds is 6. The first-order valence-electron chi connectivity index (χ1n) is 11.3. The first-order valence-corrected chi connectivity index (χ1v) is 12.1. The van der Waals surface area contributed by atoms with E-state index < -0.39 is 28.9 Å². The summed E-state index contributed by atoms with van der Waals surface area (Å²) in [5.74, 6) is -0.842. The quantitative estimate of drug-likeness (QED) is 0.514. The SMILES string of the molecule is O=C(COc1ccc(Cl)c(F)c1)NC12CCC(n3ccn(-c4ccc(Cl)cc4)c3=O)(CC1)C[C@@H]2O. The molecule has 2 N–H and O–H groups in total. The van der Waals surface area contributed by atoms with Crippen LogP contribution >= 0.6 is 23.2 Å². The molecule has 1 amide bonds. The van der Waals surface area contributed by atoms with Crippen molar-refractivity contribution < 1.29 is 19.0 Å². The van der Waals surface area contributed by atoms with Gasteiger partial charge in [-0.05, 0) is 68.5 Å². The second-order valence-corrected chi connectivity index (χ2v) is 10.2. The molecule has 0 aliphatic heterocycles. The topological polar surface area (TPSA) is 85.5 Å². The molecule has 35 heavy (non-hydrogen) atoms. The number of amides is 1. The minimum atomic E-state index is -0.826. The molecule has 0 spiro atoms. The molecule has 3 aromatic rings. The third-order valence-electron chi connectivity index (χ3n) is 7.33. The molecule has 3 saturated carbocycles. The van der Waals surface area contributed by atoms with Gasteiger partial charge in [0.25, 0.3) is 5.91 Å². The second kappa shape index (κ2) is 9.00. The molecule has 10 heteroatoms. The lowest BCUT2D eigenvalue weighted by atomic mass is 9.59. The van der Waals surface area contributed by atoms with E-state index in [0.717, 1.165) is 6.07 Å². The van der Waals surface area contributed by atoms with Crippen molar-refractivity contribution in [2.24, 2.45) is 0 Å². The molecule has 3 aliphatic rings. The highest BCUT2D eigenvalue weighted by atomic mass is 35.5. The molecule has 0 saturated heterocycles. The fourth-order valence-electron chi connectivity index (χ4n) is 5.37. The minimum absolute atomic E-state index is 0.0284. The van der Waals surface area contributed by atoms with Crippen LogP contribution in [0.1, 0.15) is 32.1 Å². The van der Waals surface area contributed by atoms with Gasteiger partial charge in [-0.15, -0.1) is 0 Å². The molecule has 3 aliphatic carbocycles. The Morgan fingerprint density at radius 2 is 1.83 bits per heavy atom. The number of halogens is 3. The highest BCUT2D eigenvalue weighted by molar-refractivity contribution is 6.31. The number of aliphatic hydroxyl groups is 1. The summed E-state index contributed by atoms with van der Waals surface area (Å²) in [6.45, 7) is -0.315. The molecule has 0 unspecified atom stereocenters. The largest absolute Gasteiger partial charge is 0.484 e. The van der Waals surface area contributed by atoms with Gasteiger partial charge in [0.15, 0.2) is 6.61 Å². The van der Waals surface area contributed by atoms with Gasteiger partial charge in [0.1, 0.15) is 11.6 Å². The Labute approximate surface area is 211 Å². The van der Waals surface area contributed by atoms with Crippen molar-refractivity contribution in [2.45, 2.75) is 49.3 Å². The Hall–Kier alpha value is -2.81. The third kappa shape index (κ3) is 4.35. The van der Waals surface area contributed by atoms with Gasteiger partial charge in [0.05, 0.1) is 27.9 Å². The summed E-state index contributed by atoms with van der Waals surface area (Å²) in [6.07, 6.45) is 5.33. The Balaban J connectivity index is 1.27. The summed E-state index contributed by atoms with van der Waals surface area (Å²) in [5.41, 5.74) is -0.765. The Kier molecular flexibility index (Phi) is 6.15. The first kappa shape index (κ1) is 23.9. The van der Waals surface area contributed by atoms with Crippen molar-refractivity contribution in [1.82, 2.24) is 14.5 Å². The molecule has 1 heterocycles. The van der Waals surface area contributed by atoms with Crippen LogP contribution in [-0.2, 0) is 10.3 Å². The van der Waals surface area contributed by atoms with Gasteiger partial charge in [-0.1, -0.05) is 23.2 Å². The van der Waals surface area contributed by atoms with Gasteiger partial charge in [0, 0.05) is 23.5 Å². The molecular formula is C25H24Cl2FN3O4. The summed E-state index contributed by atoms with van der Waals surface area (Å²) < 4.78 is 22.3. The molecule has 184 valence electrons. The van der Waals surface area contributed by atoms with Crippen molar-refractivity contribution in [2.75, 3.05) is 6.61 Å². The summed E-state index contributed by atoms with van der Waals surface area (Å²) in [6, 6.07) is 11.0. The molecule has 2 aromatic carbocycles. The maximum Gasteiger partial charge on any atom is 0.333 e. The normalized spacial score (nSPS) is 25.4. The zero-order chi connectivity index (χ0) is 24.8.